The number of benzene rings is 3. The molecule has 0 bridgehead atoms. The zero-order valence-corrected chi connectivity index (χ0v) is 25.3. The summed E-state index contributed by atoms with van der Waals surface area (Å²) in [5.74, 6) is -2.18. The summed E-state index contributed by atoms with van der Waals surface area (Å²) in [5.41, 5.74) is 2.59. The molecule has 230 valence electrons. The highest BCUT2D eigenvalue weighted by Crippen LogP contribution is 2.36. The molecule has 2 atom stereocenters. The second-order valence-corrected chi connectivity index (χ2v) is 12.6. The van der Waals surface area contributed by atoms with Gasteiger partial charge in [-0.3, -0.25) is 20.0 Å². The van der Waals surface area contributed by atoms with E-state index in [1.165, 1.54) is 43.5 Å². The minimum Gasteiger partial charge on any atom is -0.496 e. The number of fused-ring (bicyclic) bond motifs is 1. The molecule has 0 spiro atoms. The zero-order valence-electron chi connectivity index (χ0n) is 24.5. The largest absolute Gasteiger partial charge is 0.496 e. The van der Waals surface area contributed by atoms with Gasteiger partial charge in [-0.15, -0.1) is 0 Å². The summed E-state index contributed by atoms with van der Waals surface area (Å²) < 4.78 is 42.5. The number of carbonyl (C=O) groups excluding carboxylic acids is 3. The molecule has 12 heteroatoms. The third-order valence-electron chi connectivity index (χ3n) is 7.84. The molecule has 1 aromatic heterocycles. The average molecular weight is 620 g/mol. The van der Waals surface area contributed by atoms with E-state index < -0.39 is 32.9 Å². The van der Waals surface area contributed by atoms with E-state index in [2.05, 4.69) is 15.5 Å². The number of H-pyrrole nitrogens is 1. The Hall–Kier alpha value is -4.71. The molecule has 5 rings (SSSR count). The van der Waals surface area contributed by atoms with Gasteiger partial charge in [0.05, 0.1) is 30.3 Å². The molecule has 0 saturated heterocycles. The van der Waals surface area contributed by atoms with Crippen molar-refractivity contribution in [1.82, 2.24) is 10.2 Å². The highest BCUT2D eigenvalue weighted by molar-refractivity contribution is 7.93. The van der Waals surface area contributed by atoms with Crippen LogP contribution in [0.4, 0.5) is 10.5 Å². The lowest BCUT2D eigenvalue weighted by Crippen LogP contribution is -2.39. The number of amides is 1. The number of ketones is 1. The van der Waals surface area contributed by atoms with Gasteiger partial charge in [-0.2, -0.15) is 5.10 Å². The van der Waals surface area contributed by atoms with E-state index in [4.69, 9.17) is 14.2 Å². The number of nitrogens with one attached hydrogen (secondary N) is 2. The summed E-state index contributed by atoms with van der Waals surface area (Å²) in [7, 11) is -1.94. The number of aromatic amines is 1. The first-order valence-corrected chi connectivity index (χ1v) is 15.7. The number of sulfone groups is 1. The summed E-state index contributed by atoms with van der Waals surface area (Å²) >= 11 is 0. The molecule has 1 heterocycles. The van der Waals surface area contributed by atoms with E-state index in [1.807, 2.05) is 13.0 Å². The smallest absolute Gasteiger partial charge is 0.411 e. The van der Waals surface area contributed by atoms with Gasteiger partial charge >= 0.3 is 12.1 Å². The number of esters is 1. The molecule has 11 nitrogen and oxygen atoms in total. The van der Waals surface area contributed by atoms with Crippen LogP contribution >= 0.6 is 0 Å². The van der Waals surface area contributed by atoms with Crippen LogP contribution in [0.3, 0.4) is 0 Å². The topological polar surface area (TPSA) is 154 Å². The molecule has 3 aromatic carbocycles. The maximum absolute atomic E-state index is 13.6. The van der Waals surface area contributed by atoms with Crippen molar-refractivity contribution in [1.29, 1.82) is 0 Å². The van der Waals surface area contributed by atoms with Crippen molar-refractivity contribution < 1.29 is 37.0 Å². The predicted octanol–water partition coefficient (Wildman–Crippen LogP) is 5.41. The first-order chi connectivity index (χ1) is 21.1. The highest BCUT2D eigenvalue weighted by atomic mass is 32.2. The molecule has 44 heavy (non-hydrogen) atoms. The van der Waals surface area contributed by atoms with E-state index >= 15 is 0 Å². The van der Waals surface area contributed by atoms with E-state index in [-0.39, 0.29) is 22.5 Å². The summed E-state index contributed by atoms with van der Waals surface area (Å²) in [6.45, 7) is 1.90. The Morgan fingerprint density at radius 2 is 1.70 bits per heavy atom. The van der Waals surface area contributed by atoms with Crippen LogP contribution < -0.4 is 10.1 Å². The molecule has 1 fully saturated rings. The molecule has 1 amide bonds. The molecule has 0 radical (unpaired) electrons. The summed E-state index contributed by atoms with van der Waals surface area (Å²) in [4.78, 5) is 38.5. The van der Waals surface area contributed by atoms with E-state index in [0.29, 0.717) is 22.7 Å². The van der Waals surface area contributed by atoms with Crippen LogP contribution in [0, 0.1) is 0 Å². The molecule has 2 unspecified atom stereocenters. The minimum absolute atomic E-state index is 0.0353. The molecule has 1 aliphatic carbocycles. The van der Waals surface area contributed by atoms with Crippen LogP contribution in [-0.2, 0) is 24.1 Å². The van der Waals surface area contributed by atoms with Gasteiger partial charge in [0, 0.05) is 28.1 Å². The van der Waals surface area contributed by atoms with E-state index in [1.54, 1.807) is 24.3 Å². The Morgan fingerprint density at radius 1 is 0.977 bits per heavy atom. The number of ether oxygens (including phenoxy) is 3. The number of Topliss-reactive ketones (excluding diaryl/α,β-unsaturated/α-hetero) is 1. The molecule has 1 saturated carbocycles. The standard InChI is InChI=1S/C32H33N3O8S/c1-19(28-25-18-21(14-16-26(25)34-35-28)33-32(38)43-22-9-7-8-10-22)24-15-13-20(17-27(24)41-2)29(36)30(31(37)42-3)44(39,40)23-11-5-4-6-12-23/h4-6,11-19,22,30H,7-10H2,1-3H3,(H,33,38)(H,34,35). The van der Waals surface area contributed by atoms with Crippen molar-refractivity contribution >= 4 is 44.3 Å². The van der Waals surface area contributed by atoms with Crippen molar-refractivity contribution in [2.75, 3.05) is 19.5 Å². The quantitative estimate of drug-likeness (QED) is 0.135. The fourth-order valence-corrected chi connectivity index (χ4v) is 7.07. The predicted molar refractivity (Wildman–Crippen MR) is 163 cm³/mol. The van der Waals surface area contributed by atoms with Gasteiger partial charge in [-0.25, -0.2) is 13.2 Å². The SMILES string of the molecule is COC(=O)C(C(=O)c1ccc(C(C)c2n[nH]c3ccc(NC(=O)OC4CCCC4)cc23)c(OC)c1)S(=O)(=O)c1ccccc1. The molecule has 0 aliphatic heterocycles. The van der Waals surface area contributed by atoms with Crippen LogP contribution in [0.2, 0.25) is 0 Å². The van der Waals surface area contributed by atoms with Gasteiger partial charge < -0.3 is 14.2 Å². The third kappa shape index (κ3) is 6.16. The van der Waals surface area contributed by atoms with Crippen molar-refractivity contribution in [3.63, 3.8) is 0 Å². The van der Waals surface area contributed by atoms with Gasteiger partial charge in [0.2, 0.25) is 5.25 Å². The van der Waals surface area contributed by atoms with Crippen LogP contribution in [0.5, 0.6) is 5.75 Å². The molecular formula is C32H33N3O8S. The lowest BCUT2D eigenvalue weighted by Gasteiger charge is -2.18. The summed E-state index contributed by atoms with van der Waals surface area (Å²) in [6.07, 6.45) is 3.28. The van der Waals surface area contributed by atoms with Crippen LogP contribution in [-0.4, -0.2) is 62.0 Å². The Balaban J connectivity index is 1.43. The fraction of sp³-hybridized carbons (Fsp3) is 0.312. The van der Waals surface area contributed by atoms with Crippen molar-refractivity contribution in [2.24, 2.45) is 0 Å². The van der Waals surface area contributed by atoms with Crippen molar-refractivity contribution in [3.05, 3.63) is 83.6 Å². The number of rotatable bonds is 10. The van der Waals surface area contributed by atoms with E-state index in [9.17, 15) is 22.8 Å². The molecule has 2 N–H and O–H groups in total. The minimum atomic E-state index is -4.40. The summed E-state index contributed by atoms with van der Waals surface area (Å²) in [6, 6.07) is 17.1. The van der Waals surface area contributed by atoms with Crippen LogP contribution in [0.25, 0.3) is 10.9 Å². The van der Waals surface area contributed by atoms with Gasteiger partial charge in [0.15, 0.2) is 15.6 Å². The normalized spacial score (nSPS) is 15.0. The lowest BCUT2D eigenvalue weighted by atomic mass is 9.92. The number of carbonyl (C=O) groups is 3. The van der Waals surface area contributed by atoms with Gasteiger partial charge in [0.25, 0.3) is 0 Å². The molecule has 1 aliphatic rings. The van der Waals surface area contributed by atoms with Crippen molar-refractivity contribution in [3.8, 4) is 5.75 Å². The summed E-state index contributed by atoms with van der Waals surface area (Å²) in [5, 5.41) is 8.97. The average Bonchev–Trinajstić information content (AvgIpc) is 3.70. The number of nitrogens with zero attached hydrogens (tertiary/aromatic N) is 1. The Kier molecular flexibility index (Phi) is 9.00. The third-order valence-corrected chi connectivity index (χ3v) is 9.80. The Bertz CT molecular complexity index is 1800. The highest BCUT2D eigenvalue weighted by Gasteiger charge is 2.42. The molecule has 4 aromatic rings. The number of methoxy groups -OCH3 is 2. The Morgan fingerprint density at radius 3 is 2.39 bits per heavy atom. The Labute approximate surface area is 254 Å². The first kappa shape index (κ1) is 30.7. The number of anilines is 1. The van der Waals surface area contributed by atoms with Gasteiger partial charge in [-0.1, -0.05) is 37.3 Å². The second kappa shape index (κ2) is 12.9. The number of hydrogen-bond acceptors (Lipinski definition) is 9. The van der Waals surface area contributed by atoms with Gasteiger partial charge in [0.1, 0.15) is 11.9 Å². The lowest BCUT2D eigenvalue weighted by molar-refractivity contribution is -0.139. The molecular weight excluding hydrogens is 586 g/mol. The van der Waals surface area contributed by atoms with Crippen molar-refractivity contribution in [2.45, 2.75) is 54.8 Å². The maximum atomic E-state index is 13.6. The van der Waals surface area contributed by atoms with E-state index in [0.717, 1.165) is 43.7 Å². The number of hydrogen-bond donors (Lipinski definition) is 2. The zero-order chi connectivity index (χ0) is 31.4. The first-order valence-electron chi connectivity index (χ1n) is 14.2. The van der Waals surface area contributed by atoms with Crippen LogP contribution in [0.15, 0.2) is 71.6 Å². The van der Waals surface area contributed by atoms with Crippen LogP contribution in [0.1, 0.15) is 60.1 Å². The second-order valence-electron chi connectivity index (χ2n) is 10.6. The fourth-order valence-electron chi connectivity index (χ4n) is 5.50. The number of aromatic nitrogens is 2. The monoisotopic (exact) mass is 619 g/mol. The maximum Gasteiger partial charge on any atom is 0.411 e. The van der Waals surface area contributed by atoms with Gasteiger partial charge in [-0.05, 0) is 62.1 Å².